The van der Waals surface area contributed by atoms with Gasteiger partial charge in [-0.15, -0.1) is 11.6 Å². The first-order valence-electron chi connectivity index (χ1n) is 6.20. The lowest BCUT2D eigenvalue weighted by atomic mass is 9.94. The Hall–Kier alpha value is -0.280. The summed E-state index contributed by atoms with van der Waals surface area (Å²) in [5.41, 5.74) is -0.469. The third kappa shape index (κ3) is 6.27. The molecule has 0 bridgehead atoms. The third-order valence-electron chi connectivity index (χ3n) is 2.60. The molecular formula is C13H27ClN2O. The van der Waals surface area contributed by atoms with Crippen LogP contribution in [0.2, 0.25) is 0 Å². The normalized spacial score (nSPS) is 12.3. The standard InChI is InChI=1S/C13H27ClN2O/c1-11(2)9-16(8-7-15(5)6)12(17)13(3,4)10-14/h11H,7-10H2,1-6H3. The van der Waals surface area contributed by atoms with Gasteiger partial charge in [-0.25, -0.2) is 0 Å². The van der Waals surface area contributed by atoms with Gasteiger partial charge in [0, 0.05) is 25.5 Å². The molecule has 0 radical (unpaired) electrons. The Balaban J connectivity index is 4.61. The quantitative estimate of drug-likeness (QED) is 0.658. The van der Waals surface area contributed by atoms with Crippen LogP contribution in [0.4, 0.5) is 0 Å². The van der Waals surface area contributed by atoms with Gasteiger partial charge in [0.25, 0.3) is 0 Å². The van der Waals surface area contributed by atoms with E-state index in [0.29, 0.717) is 11.8 Å². The van der Waals surface area contributed by atoms with Crippen LogP contribution < -0.4 is 0 Å². The number of rotatable bonds is 7. The van der Waals surface area contributed by atoms with Crippen molar-refractivity contribution >= 4 is 17.5 Å². The second-order valence-corrected chi connectivity index (χ2v) is 6.23. The summed E-state index contributed by atoms with van der Waals surface area (Å²) in [7, 11) is 4.04. The minimum absolute atomic E-state index is 0.156. The summed E-state index contributed by atoms with van der Waals surface area (Å²) in [4.78, 5) is 16.4. The smallest absolute Gasteiger partial charge is 0.229 e. The molecule has 17 heavy (non-hydrogen) atoms. The van der Waals surface area contributed by atoms with E-state index in [1.165, 1.54) is 0 Å². The van der Waals surface area contributed by atoms with Crippen LogP contribution in [0, 0.1) is 11.3 Å². The Bertz CT molecular complexity index is 240. The molecule has 4 heteroatoms. The number of hydrogen-bond donors (Lipinski definition) is 0. The number of likely N-dealkylation sites (N-methyl/N-ethyl adjacent to an activating group) is 1. The van der Waals surface area contributed by atoms with Gasteiger partial charge in [-0.1, -0.05) is 13.8 Å². The van der Waals surface area contributed by atoms with E-state index in [2.05, 4.69) is 18.7 Å². The van der Waals surface area contributed by atoms with Crippen LogP contribution in [-0.4, -0.2) is 55.3 Å². The molecule has 0 aliphatic carbocycles. The SMILES string of the molecule is CC(C)CN(CCN(C)C)C(=O)C(C)(C)CCl. The molecule has 0 aromatic rings. The van der Waals surface area contributed by atoms with E-state index in [1.54, 1.807) is 0 Å². The largest absolute Gasteiger partial charge is 0.341 e. The molecule has 0 aromatic carbocycles. The average molecular weight is 263 g/mol. The fourth-order valence-corrected chi connectivity index (χ4v) is 1.64. The molecule has 0 rings (SSSR count). The summed E-state index contributed by atoms with van der Waals surface area (Å²) < 4.78 is 0. The molecule has 0 unspecified atom stereocenters. The molecule has 3 nitrogen and oxygen atoms in total. The van der Waals surface area contributed by atoms with Crippen molar-refractivity contribution in [3.8, 4) is 0 Å². The first-order valence-corrected chi connectivity index (χ1v) is 6.74. The van der Waals surface area contributed by atoms with Gasteiger partial charge < -0.3 is 9.80 Å². The number of carbonyl (C=O) groups is 1. The Labute approximate surface area is 111 Å². The molecule has 0 N–H and O–H groups in total. The number of nitrogens with zero attached hydrogens (tertiary/aromatic N) is 2. The van der Waals surface area contributed by atoms with E-state index >= 15 is 0 Å². The van der Waals surface area contributed by atoms with E-state index in [-0.39, 0.29) is 5.91 Å². The molecule has 0 atom stereocenters. The van der Waals surface area contributed by atoms with Gasteiger partial charge in [-0.2, -0.15) is 0 Å². The van der Waals surface area contributed by atoms with Crippen LogP contribution in [0.1, 0.15) is 27.7 Å². The maximum absolute atomic E-state index is 12.4. The Morgan fingerprint density at radius 3 is 2.12 bits per heavy atom. The van der Waals surface area contributed by atoms with E-state index in [0.717, 1.165) is 19.6 Å². The van der Waals surface area contributed by atoms with Crippen molar-refractivity contribution in [2.45, 2.75) is 27.7 Å². The molecule has 0 aromatic heterocycles. The zero-order valence-corrected chi connectivity index (χ0v) is 12.8. The Morgan fingerprint density at radius 1 is 1.24 bits per heavy atom. The summed E-state index contributed by atoms with van der Waals surface area (Å²) in [5, 5.41) is 0. The highest BCUT2D eigenvalue weighted by Gasteiger charge is 2.31. The van der Waals surface area contributed by atoms with Crippen LogP contribution in [-0.2, 0) is 4.79 Å². The topological polar surface area (TPSA) is 23.6 Å². The van der Waals surface area contributed by atoms with E-state index in [1.807, 2.05) is 32.8 Å². The lowest BCUT2D eigenvalue weighted by Gasteiger charge is -2.32. The minimum Gasteiger partial charge on any atom is -0.341 e. The van der Waals surface area contributed by atoms with Crippen molar-refractivity contribution in [1.29, 1.82) is 0 Å². The summed E-state index contributed by atoms with van der Waals surface area (Å²) in [6.45, 7) is 10.5. The molecule has 1 amide bonds. The van der Waals surface area contributed by atoms with E-state index < -0.39 is 5.41 Å². The van der Waals surface area contributed by atoms with Crippen molar-refractivity contribution in [3.63, 3.8) is 0 Å². The van der Waals surface area contributed by atoms with Crippen LogP contribution in [0.3, 0.4) is 0 Å². The predicted molar refractivity (Wildman–Crippen MR) is 74.5 cm³/mol. The van der Waals surface area contributed by atoms with Gasteiger partial charge in [0.15, 0.2) is 0 Å². The van der Waals surface area contributed by atoms with Gasteiger partial charge in [0.05, 0.1) is 5.41 Å². The molecule has 0 saturated carbocycles. The fourth-order valence-electron chi connectivity index (χ4n) is 1.52. The zero-order chi connectivity index (χ0) is 13.6. The molecule has 0 heterocycles. The Morgan fingerprint density at radius 2 is 1.76 bits per heavy atom. The van der Waals surface area contributed by atoms with Gasteiger partial charge in [-0.05, 0) is 33.9 Å². The van der Waals surface area contributed by atoms with Crippen LogP contribution in [0.25, 0.3) is 0 Å². The van der Waals surface area contributed by atoms with Gasteiger partial charge in [0.2, 0.25) is 5.91 Å². The average Bonchev–Trinajstić information content (AvgIpc) is 2.22. The monoisotopic (exact) mass is 262 g/mol. The summed E-state index contributed by atoms with van der Waals surface area (Å²) >= 11 is 5.87. The number of halogens is 1. The second kappa shape index (κ2) is 7.22. The van der Waals surface area contributed by atoms with Crippen molar-refractivity contribution < 1.29 is 4.79 Å². The van der Waals surface area contributed by atoms with E-state index in [4.69, 9.17) is 11.6 Å². The molecule has 0 spiro atoms. The lowest BCUT2D eigenvalue weighted by Crippen LogP contribution is -2.46. The number of alkyl halides is 1. The van der Waals surface area contributed by atoms with E-state index in [9.17, 15) is 4.79 Å². The highest BCUT2D eigenvalue weighted by molar-refractivity contribution is 6.19. The van der Waals surface area contributed by atoms with Crippen LogP contribution >= 0.6 is 11.6 Å². The second-order valence-electron chi connectivity index (χ2n) is 5.97. The van der Waals surface area contributed by atoms with Gasteiger partial charge in [-0.3, -0.25) is 4.79 Å². The zero-order valence-electron chi connectivity index (χ0n) is 12.1. The predicted octanol–water partition coefficient (Wildman–Crippen LogP) is 2.30. The molecule has 0 fully saturated rings. The summed E-state index contributed by atoms with van der Waals surface area (Å²) in [6.07, 6.45) is 0. The lowest BCUT2D eigenvalue weighted by molar-refractivity contribution is -0.140. The Kier molecular flexibility index (Phi) is 7.10. The first-order chi connectivity index (χ1) is 7.70. The molecule has 0 aliphatic rings. The van der Waals surface area contributed by atoms with Crippen LogP contribution in [0.5, 0.6) is 0 Å². The van der Waals surface area contributed by atoms with Crippen LogP contribution in [0.15, 0.2) is 0 Å². The number of carbonyl (C=O) groups excluding carboxylic acids is 1. The molecule has 102 valence electrons. The number of amides is 1. The highest BCUT2D eigenvalue weighted by Crippen LogP contribution is 2.21. The first kappa shape index (κ1) is 16.7. The van der Waals surface area contributed by atoms with Crippen molar-refractivity contribution in [1.82, 2.24) is 9.80 Å². The molecule has 0 saturated heterocycles. The summed E-state index contributed by atoms with van der Waals surface area (Å²) in [6, 6.07) is 0. The number of hydrogen-bond acceptors (Lipinski definition) is 2. The summed E-state index contributed by atoms with van der Waals surface area (Å²) in [5.74, 6) is 0.998. The van der Waals surface area contributed by atoms with Gasteiger partial charge in [0.1, 0.15) is 0 Å². The maximum atomic E-state index is 12.4. The molecular weight excluding hydrogens is 236 g/mol. The maximum Gasteiger partial charge on any atom is 0.229 e. The van der Waals surface area contributed by atoms with Crippen molar-refractivity contribution in [2.75, 3.05) is 39.6 Å². The van der Waals surface area contributed by atoms with Gasteiger partial charge >= 0.3 is 0 Å². The fraction of sp³-hybridized carbons (Fsp3) is 0.923. The van der Waals surface area contributed by atoms with Crippen molar-refractivity contribution in [2.24, 2.45) is 11.3 Å². The molecule has 0 aliphatic heterocycles. The highest BCUT2D eigenvalue weighted by atomic mass is 35.5. The minimum atomic E-state index is -0.469. The van der Waals surface area contributed by atoms with Crippen molar-refractivity contribution in [3.05, 3.63) is 0 Å². The third-order valence-corrected chi connectivity index (χ3v) is 3.27.